The highest BCUT2D eigenvalue weighted by Gasteiger charge is 2.16. The summed E-state index contributed by atoms with van der Waals surface area (Å²) in [6.07, 6.45) is 0. The normalized spacial score (nSPS) is 11.2. The molecular formula is C17H14N4O2. The molecule has 0 saturated heterocycles. The van der Waals surface area contributed by atoms with Gasteiger partial charge in [-0.05, 0) is 31.2 Å². The zero-order valence-electron chi connectivity index (χ0n) is 12.4. The van der Waals surface area contributed by atoms with Crippen LogP contribution >= 0.6 is 0 Å². The molecule has 0 aliphatic heterocycles. The Kier molecular flexibility index (Phi) is 2.84. The topological polar surface area (TPSA) is 93.5 Å². The van der Waals surface area contributed by atoms with Crippen LogP contribution in [0.25, 0.3) is 21.9 Å². The van der Waals surface area contributed by atoms with E-state index >= 15 is 0 Å². The van der Waals surface area contributed by atoms with Gasteiger partial charge in [0.15, 0.2) is 0 Å². The monoisotopic (exact) mass is 306 g/mol. The molecule has 2 aromatic heterocycles. The number of aryl methyl sites for hydroxylation is 1. The van der Waals surface area contributed by atoms with E-state index in [1.807, 2.05) is 31.2 Å². The largest absolute Gasteiger partial charge is 0.358 e. The van der Waals surface area contributed by atoms with Crippen molar-refractivity contribution in [3.8, 4) is 0 Å². The zero-order valence-corrected chi connectivity index (χ0v) is 12.4. The number of hydrogen-bond donors (Lipinski definition) is 4. The fourth-order valence-electron chi connectivity index (χ4n) is 2.87. The van der Waals surface area contributed by atoms with Gasteiger partial charge in [0.25, 0.3) is 5.91 Å². The first-order valence-corrected chi connectivity index (χ1v) is 7.22. The van der Waals surface area contributed by atoms with Gasteiger partial charge >= 0.3 is 5.69 Å². The Morgan fingerprint density at radius 2 is 1.74 bits per heavy atom. The van der Waals surface area contributed by atoms with Crippen molar-refractivity contribution >= 4 is 33.5 Å². The Hall–Kier alpha value is -3.28. The molecule has 23 heavy (non-hydrogen) atoms. The Morgan fingerprint density at radius 1 is 0.957 bits per heavy atom. The van der Waals surface area contributed by atoms with Gasteiger partial charge in [0, 0.05) is 22.3 Å². The maximum absolute atomic E-state index is 12.6. The number of H-pyrrole nitrogens is 3. The summed E-state index contributed by atoms with van der Waals surface area (Å²) in [5.41, 5.74) is 4.10. The quantitative estimate of drug-likeness (QED) is 0.458. The predicted octanol–water partition coefficient (Wildman–Crippen LogP) is 2.90. The average Bonchev–Trinajstić information content (AvgIpc) is 3.04. The molecular weight excluding hydrogens is 292 g/mol. The molecule has 0 aliphatic rings. The summed E-state index contributed by atoms with van der Waals surface area (Å²) in [7, 11) is 0. The van der Waals surface area contributed by atoms with Crippen LogP contribution in [0.3, 0.4) is 0 Å². The smallest absolute Gasteiger partial charge is 0.323 e. The van der Waals surface area contributed by atoms with Crippen molar-refractivity contribution < 1.29 is 4.79 Å². The lowest BCUT2D eigenvalue weighted by Gasteiger charge is -2.05. The van der Waals surface area contributed by atoms with Crippen molar-refractivity contribution in [2.45, 2.75) is 6.92 Å². The minimum atomic E-state index is -0.268. The van der Waals surface area contributed by atoms with Gasteiger partial charge in [0.05, 0.1) is 16.6 Å². The molecule has 0 saturated carbocycles. The molecule has 6 nitrogen and oxygen atoms in total. The number of benzene rings is 2. The van der Waals surface area contributed by atoms with Gasteiger partial charge in [-0.1, -0.05) is 18.2 Å². The highest BCUT2D eigenvalue weighted by Crippen LogP contribution is 2.23. The van der Waals surface area contributed by atoms with Gasteiger partial charge in [0.2, 0.25) is 0 Å². The molecule has 0 bridgehead atoms. The Morgan fingerprint density at radius 3 is 2.61 bits per heavy atom. The van der Waals surface area contributed by atoms with Crippen LogP contribution in [0.5, 0.6) is 0 Å². The van der Waals surface area contributed by atoms with Crippen molar-refractivity contribution in [1.29, 1.82) is 0 Å². The molecule has 6 heteroatoms. The molecule has 0 spiro atoms. The van der Waals surface area contributed by atoms with E-state index in [0.29, 0.717) is 22.3 Å². The number of aromatic amines is 3. The minimum absolute atomic E-state index is 0.183. The van der Waals surface area contributed by atoms with Crippen LogP contribution in [0.15, 0.2) is 47.3 Å². The third-order valence-electron chi connectivity index (χ3n) is 3.89. The molecule has 0 aliphatic carbocycles. The van der Waals surface area contributed by atoms with Crippen LogP contribution in [0.4, 0.5) is 5.69 Å². The second-order valence-corrected chi connectivity index (χ2v) is 5.46. The average molecular weight is 306 g/mol. The van der Waals surface area contributed by atoms with Crippen LogP contribution < -0.4 is 11.0 Å². The fraction of sp³-hybridized carbons (Fsp3) is 0.0588. The zero-order chi connectivity index (χ0) is 16.0. The van der Waals surface area contributed by atoms with Gasteiger partial charge in [-0.25, -0.2) is 4.79 Å². The highest BCUT2D eigenvalue weighted by molar-refractivity contribution is 6.14. The van der Waals surface area contributed by atoms with Crippen LogP contribution in [-0.4, -0.2) is 20.9 Å². The number of amides is 1. The number of imidazole rings is 1. The molecule has 114 valence electrons. The number of hydrogen-bond acceptors (Lipinski definition) is 2. The summed E-state index contributed by atoms with van der Waals surface area (Å²) in [4.78, 5) is 32.5. The predicted molar refractivity (Wildman–Crippen MR) is 89.9 cm³/mol. The van der Waals surface area contributed by atoms with Gasteiger partial charge in [-0.2, -0.15) is 0 Å². The molecule has 0 radical (unpaired) electrons. The van der Waals surface area contributed by atoms with Crippen LogP contribution in [-0.2, 0) is 0 Å². The van der Waals surface area contributed by atoms with Crippen LogP contribution in [0.2, 0.25) is 0 Å². The van der Waals surface area contributed by atoms with Crippen molar-refractivity contribution in [2.75, 3.05) is 5.32 Å². The Bertz CT molecular complexity index is 1100. The molecule has 1 amide bonds. The first-order chi connectivity index (χ1) is 11.1. The maximum Gasteiger partial charge on any atom is 0.323 e. The number of nitrogens with one attached hydrogen (secondary N) is 4. The second-order valence-electron chi connectivity index (χ2n) is 5.46. The molecule has 2 aromatic carbocycles. The van der Waals surface area contributed by atoms with E-state index in [4.69, 9.17) is 0 Å². The van der Waals surface area contributed by atoms with E-state index in [0.717, 1.165) is 16.6 Å². The summed E-state index contributed by atoms with van der Waals surface area (Å²) in [6.45, 7) is 1.88. The SMILES string of the molecule is Cc1[nH]c2ccccc2c1C(=O)Nc1ccc2[nH]c(=O)[nH]c2c1. The van der Waals surface area contributed by atoms with Crippen molar-refractivity contribution in [1.82, 2.24) is 15.0 Å². The fourth-order valence-corrected chi connectivity index (χ4v) is 2.87. The Balaban J connectivity index is 1.73. The third kappa shape index (κ3) is 2.20. The molecule has 0 fully saturated rings. The molecule has 4 N–H and O–H groups in total. The Labute approximate surface area is 130 Å². The van der Waals surface area contributed by atoms with Gasteiger partial charge in [0.1, 0.15) is 0 Å². The van der Waals surface area contributed by atoms with E-state index in [-0.39, 0.29) is 11.6 Å². The van der Waals surface area contributed by atoms with E-state index in [9.17, 15) is 9.59 Å². The number of para-hydroxylation sites is 1. The molecule has 2 heterocycles. The molecule has 4 rings (SSSR count). The van der Waals surface area contributed by atoms with E-state index < -0.39 is 0 Å². The molecule has 4 aromatic rings. The van der Waals surface area contributed by atoms with Crippen molar-refractivity contribution in [3.05, 3.63) is 64.2 Å². The molecule has 0 atom stereocenters. The number of carbonyl (C=O) groups excluding carboxylic acids is 1. The number of rotatable bonds is 2. The lowest BCUT2D eigenvalue weighted by atomic mass is 10.1. The van der Waals surface area contributed by atoms with E-state index in [1.54, 1.807) is 18.2 Å². The van der Waals surface area contributed by atoms with Crippen molar-refractivity contribution in [2.24, 2.45) is 0 Å². The number of fused-ring (bicyclic) bond motifs is 2. The number of anilines is 1. The third-order valence-corrected chi connectivity index (χ3v) is 3.89. The first kappa shape index (κ1) is 13.4. The lowest BCUT2D eigenvalue weighted by molar-refractivity contribution is 0.102. The first-order valence-electron chi connectivity index (χ1n) is 7.22. The number of carbonyl (C=O) groups is 1. The van der Waals surface area contributed by atoms with Crippen molar-refractivity contribution in [3.63, 3.8) is 0 Å². The molecule has 0 unspecified atom stereocenters. The van der Waals surface area contributed by atoms with Crippen LogP contribution in [0, 0.1) is 6.92 Å². The van der Waals surface area contributed by atoms with Gasteiger partial charge in [-0.3, -0.25) is 4.79 Å². The maximum atomic E-state index is 12.6. The summed E-state index contributed by atoms with van der Waals surface area (Å²) < 4.78 is 0. The van der Waals surface area contributed by atoms with Crippen LogP contribution in [0.1, 0.15) is 16.1 Å². The van der Waals surface area contributed by atoms with E-state index in [2.05, 4.69) is 20.3 Å². The summed E-state index contributed by atoms with van der Waals surface area (Å²) in [5.74, 6) is -0.183. The minimum Gasteiger partial charge on any atom is -0.358 e. The standard InChI is InChI=1S/C17H14N4O2/c1-9-15(11-4-2-3-5-12(11)18-9)16(22)19-10-6-7-13-14(8-10)21-17(23)20-13/h2-8,18H,1H3,(H,19,22)(H2,20,21,23). The van der Waals surface area contributed by atoms with E-state index in [1.165, 1.54) is 0 Å². The lowest BCUT2D eigenvalue weighted by Crippen LogP contribution is -2.12. The number of aromatic nitrogens is 3. The second kappa shape index (κ2) is 4.88. The summed E-state index contributed by atoms with van der Waals surface area (Å²) in [6, 6.07) is 12.9. The van der Waals surface area contributed by atoms with Gasteiger partial charge < -0.3 is 20.3 Å². The summed E-state index contributed by atoms with van der Waals surface area (Å²) >= 11 is 0. The highest BCUT2D eigenvalue weighted by atomic mass is 16.2. The summed E-state index contributed by atoms with van der Waals surface area (Å²) in [5, 5.41) is 3.77. The van der Waals surface area contributed by atoms with Gasteiger partial charge in [-0.15, -0.1) is 0 Å².